The number of aromatic nitrogens is 1. The Hall–Kier alpha value is -1.19. The predicted molar refractivity (Wildman–Crippen MR) is 74.6 cm³/mol. The average Bonchev–Trinajstić information content (AvgIpc) is 2.73. The second-order valence-electron chi connectivity index (χ2n) is 4.28. The molecule has 2 rings (SSSR count). The topological polar surface area (TPSA) is 24.9 Å². The highest BCUT2D eigenvalue weighted by atomic mass is 32.1. The molecule has 1 unspecified atom stereocenters. The second kappa shape index (κ2) is 5.43. The first-order valence-corrected chi connectivity index (χ1v) is 6.71. The van der Waals surface area contributed by atoms with Crippen molar-refractivity contribution in [3.05, 3.63) is 40.2 Å². The van der Waals surface area contributed by atoms with Crippen molar-refractivity contribution in [3.8, 4) is 11.3 Å². The van der Waals surface area contributed by atoms with Gasteiger partial charge >= 0.3 is 0 Å². The summed E-state index contributed by atoms with van der Waals surface area (Å²) in [5.41, 5.74) is 2.35. The fourth-order valence-corrected chi connectivity index (χ4v) is 2.88. The van der Waals surface area contributed by atoms with Crippen LogP contribution in [-0.4, -0.2) is 18.6 Å². The van der Waals surface area contributed by atoms with E-state index < -0.39 is 0 Å². The number of hydrogen-bond donors (Lipinski definition) is 1. The summed E-state index contributed by atoms with van der Waals surface area (Å²) in [6, 6.07) is 10.4. The summed E-state index contributed by atoms with van der Waals surface area (Å²) >= 11 is 1.81. The number of hydrogen-bond acceptors (Lipinski definition) is 3. The van der Waals surface area contributed by atoms with Gasteiger partial charge in [0.05, 0.1) is 10.7 Å². The van der Waals surface area contributed by atoms with E-state index in [1.165, 1.54) is 15.4 Å². The molecule has 0 amide bonds. The average molecular weight is 246 g/mol. The molecule has 0 aliphatic rings. The lowest BCUT2D eigenvalue weighted by atomic mass is 10.1. The van der Waals surface area contributed by atoms with Gasteiger partial charge in [-0.1, -0.05) is 37.3 Å². The molecule has 0 saturated heterocycles. The van der Waals surface area contributed by atoms with Gasteiger partial charge in [-0.05, 0) is 14.0 Å². The van der Waals surface area contributed by atoms with Crippen LogP contribution >= 0.6 is 11.3 Å². The summed E-state index contributed by atoms with van der Waals surface area (Å²) in [6.45, 7) is 5.33. The van der Waals surface area contributed by atoms with Crippen molar-refractivity contribution in [2.75, 3.05) is 13.6 Å². The highest BCUT2D eigenvalue weighted by Crippen LogP contribution is 2.30. The van der Waals surface area contributed by atoms with E-state index in [2.05, 4.69) is 43.4 Å². The van der Waals surface area contributed by atoms with Crippen LogP contribution in [0, 0.1) is 6.92 Å². The van der Waals surface area contributed by atoms with Gasteiger partial charge in [0.1, 0.15) is 0 Å². The zero-order valence-corrected chi connectivity index (χ0v) is 11.3. The molecule has 1 N–H and O–H groups in total. The Bertz CT molecular complexity index is 476. The van der Waals surface area contributed by atoms with Crippen molar-refractivity contribution in [1.82, 2.24) is 10.3 Å². The third kappa shape index (κ3) is 2.73. The summed E-state index contributed by atoms with van der Waals surface area (Å²) in [7, 11) is 1.98. The standard InChI is InChI=1S/C14H18N2S/c1-10(9-15-3)14-16-13(11(2)17-14)12-7-5-4-6-8-12/h4-8,10,15H,9H2,1-3H3. The third-order valence-electron chi connectivity index (χ3n) is 2.79. The molecule has 0 bridgehead atoms. The van der Waals surface area contributed by atoms with E-state index in [1.54, 1.807) is 11.3 Å². The second-order valence-corrected chi connectivity index (χ2v) is 5.52. The van der Waals surface area contributed by atoms with E-state index in [-0.39, 0.29) is 0 Å². The molecular formula is C14H18N2S. The summed E-state index contributed by atoms with van der Waals surface area (Å²) in [4.78, 5) is 6.08. The Labute approximate surface area is 107 Å². The number of likely N-dealkylation sites (N-methyl/N-ethyl adjacent to an activating group) is 1. The van der Waals surface area contributed by atoms with Crippen LogP contribution in [0.15, 0.2) is 30.3 Å². The lowest BCUT2D eigenvalue weighted by molar-refractivity contribution is 0.674. The monoisotopic (exact) mass is 246 g/mol. The minimum absolute atomic E-state index is 0.473. The maximum Gasteiger partial charge on any atom is 0.0976 e. The van der Waals surface area contributed by atoms with Gasteiger partial charge in [0.2, 0.25) is 0 Å². The predicted octanol–water partition coefficient (Wildman–Crippen LogP) is 3.44. The quantitative estimate of drug-likeness (QED) is 0.894. The Morgan fingerprint density at radius 1 is 1.29 bits per heavy atom. The minimum Gasteiger partial charge on any atom is -0.319 e. The number of thiazole rings is 1. The van der Waals surface area contributed by atoms with E-state index in [0.29, 0.717) is 5.92 Å². The van der Waals surface area contributed by atoms with Crippen LogP contribution in [0.4, 0.5) is 0 Å². The van der Waals surface area contributed by atoms with Gasteiger partial charge in [-0.3, -0.25) is 0 Å². The number of aryl methyl sites for hydroxylation is 1. The van der Waals surface area contributed by atoms with E-state index in [0.717, 1.165) is 12.2 Å². The lowest BCUT2D eigenvalue weighted by Gasteiger charge is -2.05. The third-order valence-corrected chi connectivity index (χ3v) is 3.99. The van der Waals surface area contributed by atoms with Crippen LogP contribution in [0.1, 0.15) is 22.7 Å². The number of nitrogens with one attached hydrogen (secondary N) is 1. The van der Waals surface area contributed by atoms with Gasteiger partial charge in [0, 0.05) is 22.9 Å². The number of rotatable bonds is 4. The van der Waals surface area contributed by atoms with Gasteiger partial charge in [-0.2, -0.15) is 0 Å². The van der Waals surface area contributed by atoms with E-state index in [1.807, 2.05) is 13.1 Å². The zero-order chi connectivity index (χ0) is 12.3. The first-order valence-electron chi connectivity index (χ1n) is 5.89. The summed E-state index contributed by atoms with van der Waals surface area (Å²) in [5, 5.41) is 4.42. The van der Waals surface area contributed by atoms with Crippen LogP contribution < -0.4 is 5.32 Å². The SMILES string of the molecule is CNCC(C)c1nc(-c2ccccc2)c(C)s1. The first kappa shape index (κ1) is 12.3. The van der Waals surface area contributed by atoms with Crippen molar-refractivity contribution in [2.24, 2.45) is 0 Å². The largest absolute Gasteiger partial charge is 0.319 e. The summed E-state index contributed by atoms with van der Waals surface area (Å²) in [5.74, 6) is 0.473. The molecule has 0 spiro atoms. The molecule has 2 aromatic rings. The normalized spacial score (nSPS) is 12.6. The fraction of sp³-hybridized carbons (Fsp3) is 0.357. The molecule has 0 saturated carbocycles. The molecule has 0 radical (unpaired) electrons. The van der Waals surface area contributed by atoms with Gasteiger partial charge in [0.25, 0.3) is 0 Å². The molecule has 1 heterocycles. The fourth-order valence-electron chi connectivity index (χ4n) is 1.89. The molecule has 0 fully saturated rings. The number of benzene rings is 1. The highest BCUT2D eigenvalue weighted by Gasteiger charge is 2.13. The maximum absolute atomic E-state index is 4.78. The van der Waals surface area contributed by atoms with Gasteiger partial charge < -0.3 is 5.32 Å². The molecule has 1 aromatic heterocycles. The van der Waals surface area contributed by atoms with E-state index >= 15 is 0 Å². The van der Waals surface area contributed by atoms with E-state index in [4.69, 9.17) is 4.98 Å². The van der Waals surface area contributed by atoms with Crippen LogP contribution in [0.25, 0.3) is 11.3 Å². The maximum atomic E-state index is 4.78. The van der Waals surface area contributed by atoms with Gasteiger partial charge in [-0.25, -0.2) is 4.98 Å². The minimum atomic E-state index is 0.473. The highest BCUT2D eigenvalue weighted by molar-refractivity contribution is 7.12. The zero-order valence-electron chi connectivity index (χ0n) is 10.5. The van der Waals surface area contributed by atoms with Crippen LogP contribution in [0.3, 0.4) is 0 Å². The molecule has 2 nitrogen and oxygen atoms in total. The summed E-state index contributed by atoms with van der Waals surface area (Å²) in [6.07, 6.45) is 0. The van der Waals surface area contributed by atoms with Crippen molar-refractivity contribution >= 4 is 11.3 Å². The summed E-state index contributed by atoms with van der Waals surface area (Å²) < 4.78 is 0. The first-order chi connectivity index (χ1) is 8.22. The van der Waals surface area contributed by atoms with Crippen LogP contribution in [-0.2, 0) is 0 Å². The molecule has 0 aliphatic heterocycles. The van der Waals surface area contributed by atoms with Crippen LogP contribution in [0.5, 0.6) is 0 Å². The molecule has 0 aliphatic carbocycles. The molecular weight excluding hydrogens is 228 g/mol. The van der Waals surface area contributed by atoms with Crippen molar-refractivity contribution in [2.45, 2.75) is 19.8 Å². The molecule has 17 heavy (non-hydrogen) atoms. The van der Waals surface area contributed by atoms with Crippen LogP contribution in [0.2, 0.25) is 0 Å². The van der Waals surface area contributed by atoms with Crippen molar-refractivity contribution in [1.29, 1.82) is 0 Å². The Kier molecular flexibility index (Phi) is 3.92. The van der Waals surface area contributed by atoms with Crippen molar-refractivity contribution < 1.29 is 0 Å². The van der Waals surface area contributed by atoms with Crippen molar-refractivity contribution in [3.63, 3.8) is 0 Å². The van der Waals surface area contributed by atoms with Gasteiger partial charge in [0.15, 0.2) is 0 Å². The smallest absolute Gasteiger partial charge is 0.0976 e. The van der Waals surface area contributed by atoms with E-state index in [9.17, 15) is 0 Å². The molecule has 90 valence electrons. The molecule has 1 aromatic carbocycles. The Morgan fingerprint density at radius 2 is 2.00 bits per heavy atom. The lowest BCUT2D eigenvalue weighted by Crippen LogP contribution is -2.14. The molecule has 3 heteroatoms. The Balaban J connectivity index is 2.31. The van der Waals surface area contributed by atoms with Gasteiger partial charge in [-0.15, -0.1) is 11.3 Å². The Morgan fingerprint density at radius 3 is 2.65 bits per heavy atom. The molecule has 1 atom stereocenters. The number of nitrogens with zero attached hydrogens (tertiary/aromatic N) is 1.